The van der Waals surface area contributed by atoms with E-state index < -0.39 is 0 Å². The molecular weight excluding hydrogens is 416 g/mol. The van der Waals surface area contributed by atoms with Gasteiger partial charge in [0.2, 0.25) is 5.28 Å². The number of nitrogens with zero attached hydrogens (tertiary/aromatic N) is 2. The molecule has 0 bridgehead atoms. The third-order valence-electron chi connectivity index (χ3n) is 5.66. The second-order valence-corrected chi connectivity index (χ2v) is 7.97. The number of benzene rings is 4. The van der Waals surface area contributed by atoms with E-state index in [1.807, 2.05) is 54.6 Å². The monoisotopic (exact) mass is 432 g/mol. The van der Waals surface area contributed by atoms with Crippen molar-refractivity contribution in [2.24, 2.45) is 0 Å². The molecule has 0 N–H and O–H groups in total. The molecule has 2 aromatic heterocycles. The van der Waals surface area contributed by atoms with Crippen LogP contribution in [0.25, 0.3) is 55.6 Å². The fourth-order valence-corrected chi connectivity index (χ4v) is 4.30. The Labute approximate surface area is 190 Å². The maximum Gasteiger partial charge on any atom is 0.223 e. The molecule has 6 aromatic rings. The minimum absolute atomic E-state index is 0.234. The first-order chi connectivity index (χ1) is 15.8. The van der Waals surface area contributed by atoms with Gasteiger partial charge in [0.05, 0.1) is 11.4 Å². The Morgan fingerprint density at radius 2 is 1.19 bits per heavy atom. The molecule has 0 aliphatic heterocycles. The Hall–Kier alpha value is -3.95. The van der Waals surface area contributed by atoms with Crippen LogP contribution in [0.5, 0.6) is 0 Å². The average molecular weight is 433 g/mol. The third-order valence-corrected chi connectivity index (χ3v) is 5.83. The van der Waals surface area contributed by atoms with Gasteiger partial charge in [-0.05, 0) is 29.3 Å². The SMILES string of the molecule is Clc1nc(-c2ccccc2)cc(-c2ccc(-c3cccc4c3oc3ccccc34)cc2)n1. The lowest BCUT2D eigenvalue weighted by atomic mass is 10.00. The summed E-state index contributed by atoms with van der Waals surface area (Å²) in [6.45, 7) is 0. The Morgan fingerprint density at radius 1 is 0.562 bits per heavy atom. The van der Waals surface area contributed by atoms with Crippen molar-refractivity contribution >= 4 is 33.5 Å². The van der Waals surface area contributed by atoms with Gasteiger partial charge in [0.15, 0.2) is 0 Å². The maximum atomic E-state index is 6.25. The summed E-state index contributed by atoms with van der Waals surface area (Å²) >= 11 is 6.25. The van der Waals surface area contributed by atoms with E-state index in [1.165, 1.54) is 0 Å². The summed E-state index contributed by atoms with van der Waals surface area (Å²) in [7, 11) is 0. The van der Waals surface area contributed by atoms with Crippen molar-refractivity contribution in [3.05, 3.63) is 108 Å². The molecule has 0 amide bonds. The molecule has 0 spiro atoms. The molecule has 2 heterocycles. The fraction of sp³-hybridized carbons (Fsp3) is 0. The molecule has 0 atom stereocenters. The number of hydrogen-bond donors (Lipinski definition) is 0. The summed E-state index contributed by atoms with van der Waals surface area (Å²) in [5, 5.41) is 2.49. The summed E-state index contributed by atoms with van der Waals surface area (Å²) in [6.07, 6.45) is 0. The van der Waals surface area contributed by atoms with Crippen LogP contribution in [0.3, 0.4) is 0 Å². The quantitative estimate of drug-likeness (QED) is 0.266. The fourth-order valence-electron chi connectivity index (χ4n) is 4.12. The molecule has 0 saturated heterocycles. The Morgan fingerprint density at radius 3 is 1.97 bits per heavy atom. The largest absolute Gasteiger partial charge is 0.455 e. The van der Waals surface area contributed by atoms with Crippen molar-refractivity contribution in [3.8, 4) is 33.6 Å². The molecule has 0 aliphatic carbocycles. The lowest BCUT2D eigenvalue weighted by Gasteiger charge is -2.08. The predicted molar refractivity (Wildman–Crippen MR) is 131 cm³/mol. The third kappa shape index (κ3) is 3.24. The van der Waals surface area contributed by atoms with Crippen molar-refractivity contribution < 1.29 is 4.42 Å². The number of hydrogen-bond acceptors (Lipinski definition) is 3. The normalized spacial score (nSPS) is 11.3. The van der Waals surface area contributed by atoms with E-state index in [0.717, 1.165) is 55.6 Å². The summed E-state index contributed by atoms with van der Waals surface area (Å²) in [5.41, 5.74) is 7.53. The van der Waals surface area contributed by atoms with Gasteiger partial charge in [0, 0.05) is 27.5 Å². The Balaban J connectivity index is 1.42. The molecule has 3 nitrogen and oxygen atoms in total. The van der Waals surface area contributed by atoms with Crippen molar-refractivity contribution in [1.29, 1.82) is 0 Å². The zero-order valence-electron chi connectivity index (χ0n) is 17.0. The molecule has 0 radical (unpaired) electrons. The number of rotatable bonds is 3. The van der Waals surface area contributed by atoms with Gasteiger partial charge in [-0.3, -0.25) is 0 Å². The molecule has 32 heavy (non-hydrogen) atoms. The minimum atomic E-state index is 0.234. The summed E-state index contributed by atoms with van der Waals surface area (Å²) in [6, 6.07) is 34.7. The maximum absolute atomic E-state index is 6.25. The minimum Gasteiger partial charge on any atom is -0.455 e. The van der Waals surface area contributed by atoms with E-state index in [4.69, 9.17) is 16.0 Å². The van der Waals surface area contributed by atoms with Gasteiger partial charge >= 0.3 is 0 Å². The Kier molecular flexibility index (Phi) is 4.48. The van der Waals surface area contributed by atoms with Crippen LogP contribution in [0, 0.1) is 0 Å². The number of para-hydroxylation sites is 2. The van der Waals surface area contributed by atoms with Crippen molar-refractivity contribution in [1.82, 2.24) is 9.97 Å². The first kappa shape index (κ1) is 18.8. The van der Waals surface area contributed by atoms with Crippen LogP contribution in [0.15, 0.2) is 108 Å². The molecule has 4 heteroatoms. The number of fused-ring (bicyclic) bond motifs is 3. The lowest BCUT2D eigenvalue weighted by molar-refractivity contribution is 0.670. The van der Waals surface area contributed by atoms with Crippen LogP contribution in [-0.2, 0) is 0 Å². The van der Waals surface area contributed by atoms with E-state index in [0.29, 0.717) is 0 Å². The Bertz CT molecular complexity index is 1570. The van der Waals surface area contributed by atoms with Gasteiger partial charge in [-0.25, -0.2) is 9.97 Å². The van der Waals surface area contributed by atoms with Crippen LogP contribution in [0.4, 0.5) is 0 Å². The second-order valence-electron chi connectivity index (χ2n) is 7.63. The van der Waals surface area contributed by atoms with E-state index >= 15 is 0 Å². The van der Waals surface area contributed by atoms with Crippen LogP contribution in [0.2, 0.25) is 5.28 Å². The van der Waals surface area contributed by atoms with Gasteiger partial charge in [-0.15, -0.1) is 0 Å². The first-order valence-corrected chi connectivity index (χ1v) is 10.8. The molecular formula is C28H17ClN2O. The average Bonchev–Trinajstić information content (AvgIpc) is 3.23. The summed E-state index contributed by atoms with van der Waals surface area (Å²) in [5.74, 6) is 0. The smallest absolute Gasteiger partial charge is 0.223 e. The van der Waals surface area contributed by atoms with Gasteiger partial charge in [0.1, 0.15) is 11.2 Å². The summed E-state index contributed by atoms with van der Waals surface area (Å²) in [4.78, 5) is 8.84. The van der Waals surface area contributed by atoms with E-state index in [1.54, 1.807) is 0 Å². The topological polar surface area (TPSA) is 38.9 Å². The zero-order valence-corrected chi connectivity index (χ0v) is 17.8. The van der Waals surface area contributed by atoms with Crippen molar-refractivity contribution in [2.45, 2.75) is 0 Å². The standard InChI is InChI=1S/C28H17ClN2O/c29-28-30-24(19-7-2-1-3-8-19)17-25(31-28)20-15-13-18(14-16-20)21-10-6-11-23-22-9-4-5-12-26(22)32-27(21)23/h1-17H. The zero-order chi connectivity index (χ0) is 21.5. The van der Waals surface area contributed by atoms with E-state index in [-0.39, 0.29) is 5.28 Å². The highest BCUT2D eigenvalue weighted by Crippen LogP contribution is 2.36. The van der Waals surface area contributed by atoms with Crippen LogP contribution in [0.1, 0.15) is 0 Å². The molecule has 4 aromatic carbocycles. The molecule has 0 unspecified atom stereocenters. The van der Waals surface area contributed by atoms with Crippen molar-refractivity contribution in [2.75, 3.05) is 0 Å². The van der Waals surface area contributed by atoms with Crippen LogP contribution >= 0.6 is 11.6 Å². The molecule has 0 fully saturated rings. The first-order valence-electron chi connectivity index (χ1n) is 10.4. The molecule has 6 rings (SSSR count). The van der Waals surface area contributed by atoms with Gasteiger partial charge in [-0.1, -0.05) is 91.0 Å². The summed E-state index contributed by atoms with van der Waals surface area (Å²) < 4.78 is 6.20. The second kappa shape index (κ2) is 7.63. The van der Waals surface area contributed by atoms with Gasteiger partial charge in [-0.2, -0.15) is 0 Å². The van der Waals surface area contributed by atoms with Crippen LogP contribution < -0.4 is 0 Å². The number of furan rings is 1. The van der Waals surface area contributed by atoms with Gasteiger partial charge < -0.3 is 4.42 Å². The number of halogens is 1. The molecule has 0 saturated carbocycles. The van der Waals surface area contributed by atoms with Gasteiger partial charge in [0.25, 0.3) is 0 Å². The van der Waals surface area contributed by atoms with E-state index in [9.17, 15) is 0 Å². The van der Waals surface area contributed by atoms with E-state index in [2.05, 4.69) is 58.5 Å². The predicted octanol–water partition coefficient (Wildman–Crippen LogP) is 8.03. The highest BCUT2D eigenvalue weighted by molar-refractivity contribution is 6.28. The molecule has 0 aliphatic rings. The lowest BCUT2D eigenvalue weighted by Crippen LogP contribution is -1.92. The van der Waals surface area contributed by atoms with Crippen LogP contribution in [-0.4, -0.2) is 9.97 Å². The highest BCUT2D eigenvalue weighted by Gasteiger charge is 2.12. The highest BCUT2D eigenvalue weighted by atomic mass is 35.5. The van der Waals surface area contributed by atoms with Crippen molar-refractivity contribution in [3.63, 3.8) is 0 Å². The molecule has 152 valence electrons. The number of aromatic nitrogens is 2.